The van der Waals surface area contributed by atoms with Gasteiger partial charge in [-0.1, -0.05) is 20.8 Å². The van der Waals surface area contributed by atoms with Crippen LogP contribution in [0, 0.1) is 11.8 Å². The predicted octanol–water partition coefficient (Wildman–Crippen LogP) is -1.29. The monoisotopic (exact) mass is 180 g/mol. The van der Waals surface area contributed by atoms with Crippen LogP contribution in [0.15, 0.2) is 0 Å². The van der Waals surface area contributed by atoms with Crippen LogP contribution in [0.2, 0.25) is 0 Å². The summed E-state index contributed by atoms with van der Waals surface area (Å²) in [5.74, 6) is 0. The van der Waals surface area contributed by atoms with Gasteiger partial charge < -0.3 is 10.8 Å². The molecule has 0 saturated carbocycles. The van der Waals surface area contributed by atoms with E-state index >= 15 is 0 Å². The molecule has 0 aliphatic heterocycles. The van der Waals surface area contributed by atoms with E-state index < -0.39 is 0 Å². The molecule has 0 rings (SSSR count). The van der Waals surface area contributed by atoms with E-state index in [1.54, 1.807) is 0 Å². The number of hydrogen-bond acceptors (Lipinski definition) is 1. The molecule has 12 heavy (non-hydrogen) atoms. The Balaban J connectivity index is 0. The molecule has 0 aliphatic carbocycles. The minimum atomic E-state index is 0. The van der Waals surface area contributed by atoms with Gasteiger partial charge in [-0.05, 0) is 12.3 Å². The van der Waals surface area contributed by atoms with Crippen molar-refractivity contribution in [3.63, 3.8) is 0 Å². The first-order valence-corrected chi connectivity index (χ1v) is 5.02. The van der Waals surface area contributed by atoms with Crippen LogP contribution >= 0.6 is 0 Å². The van der Waals surface area contributed by atoms with Crippen molar-refractivity contribution in [2.75, 3.05) is 0 Å². The first kappa shape index (κ1) is 15.3. The van der Waals surface area contributed by atoms with Crippen LogP contribution in [0.3, 0.4) is 0 Å². The Morgan fingerprint density at radius 3 is 1.75 bits per heavy atom. The van der Waals surface area contributed by atoms with E-state index in [0.717, 1.165) is 16.9 Å². The minimum Gasteiger partial charge on any atom is -0.425 e. The molecule has 0 spiro atoms. The molecule has 1 atom stereocenters. The molecule has 0 saturated heterocycles. The molecule has 0 amide bonds. The average molecular weight is 180 g/mol. The molecule has 68 valence electrons. The van der Waals surface area contributed by atoms with Crippen LogP contribution in [-0.4, -0.2) is 16.1 Å². The molecule has 0 aliphatic rings. The summed E-state index contributed by atoms with van der Waals surface area (Å²) < 4.78 is 5.65. The maximum absolute atomic E-state index is 5.65. The summed E-state index contributed by atoms with van der Waals surface area (Å²) in [6.45, 7) is 11.0. The van der Waals surface area contributed by atoms with Crippen molar-refractivity contribution in [3.05, 3.63) is 6.42 Å². The Hall–Kier alpha value is 0.774. The van der Waals surface area contributed by atoms with Crippen LogP contribution in [0.1, 0.15) is 41.0 Å². The third-order valence-corrected chi connectivity index (χ3v) is 3.53. The summed E-state index contributed by atoms with van der Waals surface area (Å²) in [4.78, 5) is 0. The second kappa shape index (κ2) is 5.49. The number of rotatable bonds is 3. The maximum atomic E-state index is 5.65. The molecule has 1 unspecified atom stereocenters. The summed E-state index contributed by atoms with van der Waals surface area (Å²) in [6, 6.07) is 0. The zero-order chi connectivity index (χ0) is 9.12. The molecule has 0 heterocycles. The van der Waals surface area contributed by atoms with Crippen LogP contribution in [0.5, 0.6) is 0 Å². The van der Waals surface area contributed by atoms with E-state index in [1.807, 2.05) is 0 Å². The molecule has 0 N–H and O–H groups in total. The summed E-state index contributed by atoms with van der Waals surface area (Å²) in [5, 5.41) is 0. The van der Waals surface area contributed by atoms with Crippen LogP contribution in [-0.2, 0) is 4.43 Å². The van der Waals surface area contributed by atoms with Gasteiger partial charge in [0.15, 0.2) is 0 Å². The zero-order valence-corrected chi connectivity index (χ0v) is 11.7. The van der Waals surface area contributed by atoms with Crippen molar-refractivity contribution < 1.29 is 23.3 Å². The molecular formula is C9H21LiOSi. The Morgan fingerprint density at radius 1 is 1.25 bits per heavy atom. The standard InChI is InChI=1S/C9H21OSi.Li/c1-6-7-9(5,10-11)8(2,3)4;/h6H,7H2,1-5,11H3;/q-1;+1. The van der Waals surface area contributed by atoms with Gasteiger partial charge in [0.2, 0.25) is 0 Å². The van der Waals surface area contributed by atoms with Crippen molar-refractivity contribution in [3.8, 4) is 0 Å². The van der Waals surface area contributed by atoms with Gasteiger partial charge in [0.1, 0.15) is 10.5 Å². The van der Waals surface area contributed by atoms with Crippen molar-refractivity contribution >= 4 is 10.5 Å². The second-order valence-electron chi connectivity index (χ2n) is 4.30. The van der Waals surface area contributed by atoms with Gasteiger partial charge in [0.25, 0.3) is 0 Å². The minimum absolute atomic E-state index is 0. The van der Waals surface area contributed by atoms with Gasteiger partial charge in [0, 0.05) is 5.60 Å². The fraction of sp³-hybridized carbons (Fsp3) is 0.889. The third kappa shape index (κ3) is 3.66. The molecule has 1 nitrogen and oxygen atoms in total. The average Bonchev–Trinajstić information content (AvgIpc) is 1.86. The smallest absolute Gasteiger partial charge is 0.425 e. The molecular weight excluding hydrogens is 159 g/mol. The van der Waals surface area contributed by atoms with Gasteiger partial charge in [-0.25, -0.2) is 0 Å². The van der Waals surface area contributed by atoms with Crippen molar-refractivity contribution in [1.82, 2.24) is 0 Å². The topological polar surface area (TPSA) is 9.23 Å². The van der Waals surface area contributed by atoms with E-state index in [4.69, 9.17) is 4.43 Å². The quantitative estimate of drug-likeness (QED) is 0.388. The molecule has 0 fully saturated rings. The van der Waals surface area contributed by atoms with E-state index in [0.29, 0.717) is 0 Å². The molecule has 0 aromatic rings. The largest absolute Gasteiger partial charge is 1.00 e. The Labute approximate surface area is 92.4 Å². The SMILES string of the molecule is C[CH-]CC(C)(O[SiH3])C(C)(C)C.[Li+]. The van der Waals surface area contributed by atoms with Gasteiger partial charge in [-0.15, -0.1) is 0 Å². The Kier molecular flexibility index (Phi) is 6.98. The first-order chi connectivity index (χ1) is 4.87. The molecule has 0 aromatic heterocycles. The van der Waals surface area contributed by atoms with E-state index in [-0.39, 0.29) is 29.9 Å². The fourth-order valence-corrected chi connectivity index (χ4v) is 1.86. The molecule has 0 aromatic carbocycles. The van der Waals surface area contributed by atoms with E-state index in [9.17, 15) is 0 Å². The summed E-state index contributed by atoms with van der Waals surface area (Å²) in [7, 11) is 0.822. The van der Waals surface area contributed by atoms with Gasteiger partial charge >= 0.3 is 18.9 Å². The molecule has 0 radical (unpaired) electrons. The van der Waals surface area contributed by atoms with Gasteiger partial charge in [-0.3, -0.25) is 0 Å². The Morgan fingerprint density at radius 2 is 1.67 bits per heavy atom. The second-order valence-corrected chi connectivity index (χ2v) is 4.71. The fourth-order valence-electron chi connectivity index (χ4n) is 1.09. The van der Waals surface area contributed by atoms with Gasteiger partial charge in [-0.2, -0.15) is 13.3 Å². The van der Waals surface area contributed by atoms with E-state index in [1.165, 1.54) is 0 Å². The summed E-state index contributed by atoms with van der Waals surface area (Å²) in [5.41, 5.74) is 0.273. The van der Waals surface area contributed by atoms with E-state index in [2.05, 4.69) is 41.0 Å². The van der Waals surface area contributed by atoms with Crippen molar-refractivity contribution in [2.24, 2.45) is 5.41 Å². The zero-order valence-electron chi connectivity index (χ0n) is 9.69. The van der Waals surface area contributed by atoms with Crippen LogP contribution < -0.4 is 18.9 Å². The summed E-state index contributed by atoms with van der Waals surface area (Å²) in [6.07, 6.45) is 3.23. The van der Waals surface area contributed by atoms with Crippen molar-refractivity contribution in [2.45, 2.75) is 46.6 Å². The van der Waals surface area contributed by atoms with Crippen LogP contribution in [0.25, 0.3) is 0 Å². The molecule has 0 bridgehead atoms. The van der Waals surface area contributed by atoms with Crippen LogP contribution in [0.4, 0.5) is 0 Å². The molecule has 3 heteroatoms. The van der Waals surface area contributed by atoms with Gasteiger partial charge in [0.05, 0.1) is 0 Å². The first-order valence-electron chi connectivity index (χ1n) is 4.20. The Bertz CT molecular complexity index is 122. The predicted molar refractivity (Wildman–Crippen MR) is 53.5 cm³/mol. The normalized spacial score (nSPS) is 16.8. The third-order valence-electron chi connectivity index (χ3n) is 2.63. The van der Waals surface area contributed by atoms with Crippen molar-refractivity contribution in [1.29, 1.82) is 0 Å². The summed E-state index contributed by atoms with van der Waals surface area (Å²) >= 11 is 0. The maximum Gasteiger partial charge on any atom is 1.00 e. The number of hydrogen-bond donors (Lipinski definition) is 0.